The smallest absolute Gasteiger partial charge is 0.172 e. The SMILES string of the molecule is CN(c1nc2cc(Cl)c(Cl)cc2nc1Cl)c1cc2ccc1o2. The molecule has 0 N–H and O–H groups in total. The number of hydrogen-bond donors (Lipinski definition) is 0. The van der Waals surface area contributed by atoms with E-state index in [1.54, 1.807) is 12.1 Å². The minimum Gasteiger partial charge on any atom is -0.455 e. The van der Waals surface area contributed by atoms with Crippen LogP contribution in [0.1, 0.15) is 0 Å². The van der Waals surface area contributed by atoms with Gasteiger partial charge >= 0.3 is 0 Å². The predicted molar refractivity (Wildman–Crippen MR) is 90.0 cm³/mol. The molecular weight excluding hydrogens is 345 g/mol. The lowest BCUT2D eigenvalue weighted by Gasteiger charge is -2.18. The Hall–Kier alpha value is -1.75. The Balaban J connectivity index is 1.88. The summed E-state index contributed by atoms with van der Waals surface area (Å²) in [5.74, 6) is 0.524. The minimum absolute atomic E-state index is 0.284. The second kappa shape index (κ2) is 4.88. The molecular formula is C15H8Cl3N3O. The number of furan rings is 2. The Morgan fingerprint density at radius 1 is 0.955 bits per heavy atom. The number of hydrogen-bond acceptors (Lipinski definition) is 4. The third-order valence-electron chi connectivity index (χ3n) is 3.48. The van der Waals surface area contributed by atoms with Crippen molar-refractivity contribution in [2.75, 3.05) is 11.9 Å². The number of fused-ring (bicyclic) bond motifs is 3. The van der Waals surface area contributed by atoms with Gasteiger partial charge in [0.15, 0.2) is 16.6 Å². The van der Waals surface area contributed by atoms with E-state index in [4.69, 9.17) is 39.2 Å². The monoisotopic (exact) mass is 351 g/mol. The van der Waals surface area contributed by atoms with Crippen LogP contribution in [0.25, 0.3) is 22.2 Å². The van der Waals surface area contributed by atoms with Crippen molar-refractivity contribution in [3.63, 3.8) is 0 Å². The summed E-state index contributed by atoms with van der Waals surface area (Å²) < 4.78 is 5.55. The van der Waals surface area contributed by atoms with Gasteiger partial charge in [0.05, 0.1) is 26.8 Å². The molecule has 0 aliphatic rings. The van der Waals surface area contributed by atoms with Crippen molar-refractivity contribution in [2.45, 2.75) is 0 Å². The Labute approximate surface area is 140 Å². The number of benzene rings is 2. The molecule has 0 radical (unpaired) electrons. The molecule has 0 aliphatic carbocycles. The van der Waals surface area contributed by atoms with E-state index >= 15 is 0 Å². The highest BCUT2D eigenvalue weighted by Crippen LogP contribution is 2.36. The number of aromatic nitrogens is 2. The maximum atomic E-state index is 6.28. The van der Waals surface area contributed by atoms with Gasteiger partial charge in [0, 0.05) is 13.1 Å². The molecule has 0 fully saturated rings. The molecule has 7 heteroatoms. The van der Waals surface area contributed by atoms with Crippen LogP contribution in [-0.4, -0.2) is 17.0 Å². The first-order valence-corrected chi connectivity index (χ1v) is 7.54. The first-order valence-electron chi connectivity index (χ1n) is 6.41. The molecule has 0 saturated carbocycles. The summed E-state index contributed by atoms with van der Waals surface area (Å²) in [7, 11) is 1.86. The molecule has 0 unspecified atom stereocenters. The van der Waals surface area contributed by atoms with Gasteiger partial charge < -0.3 is 9.32 Å². The normalized spacial score (nSPS) is 11.6. The topological polar surface area (TPSA) is 42.2 Å². The third kappa shape index (κ3) is 2.07. The molecule has 0 amide bonds. The molecule has 4 rings (SSSR count). The van der Waals surface area contributed by atoms with Gasteiger partial charge in [-0.15, -0.1) is 0 Å². The standard InChI is InChI=1S/C15H8Cl3N3O/c1-21(12-4-7-2-3-13(12)22-7)15-14(18)19-10-5-8(16)9(17)6-11(10)20-15/h2-6H,1H3. The first-order chi connectivity index (χ1) is 10.5. The van der Waals surface area contributed by atoms with Crippen molar-refractivity contribution in [3.05, 3.63) is 45.5 Å². The first kappa shape index (κ1) is 13.9. The molecule has 3 heterocycles. The lowest BCUT2D eigenvalue weighted by Crippen LogP contribution is -2.12. The van der Waals surface area contributed by atoms with Crippen molar-refractivity contribution in [2.24, 2.45) is 0 Å². The highest BCUT2D eigenvalue weighted by Gasteiger charge is 2.18. The Bertz CT molecular complexity index is 998. The highest BCUT2D eigenvalue weighted by molar-refractivity contribution is 6.42. The van der Waals surface area contributed by atoms with Crippen molar-refractivity contribution < 1.29 is 4.42 Å². The van der Waals surface area contributed by atoms with Gasteiger partial charge in [-0.1, -0.05) is 34.8 Å². The van der Waals surface area contributed by atoms with Gasteiger partial charge in [-0.05, 0) is 24.3 Å². The van der Waals surface area contributed by atoms with Gasteiger partial charge in [-0.25, -0.2) is 9.97 Å². The second-order valence-electron chi connectivity index (χ2n) is 4.88. The molecule has 0 atom stereocenters. The van der Waals surface area contributed by atoms with Crippen molar-refractivity contribution >= 4 is 68.5 Å². The predicted octanol–water partition coefficient (Wildman–Crippen LogP) is 5.54. The van der Waals surface area contributed by atoms with E-state index in [2.05, 4.69) is 9.97 Å². The Kier molecular flexibility index (Phi) is 3.08. The zero-order chi connectivity index (χ0) is 15.4. The highest BCUT2D eigenvalue weighted by atomic mass is 35.5. The van der Waals surface area contributed by atoms with E-state index in [0.717, 1.165) is 16.9 Å². The second-order valence-corrected chi connectivity index (χ2v) is 6.06. The van der Waals surface area contributed by atoms with E-state index < -0.39 is 0 Å². The average molecular weight is 353 g/mol. The lowest BCUT2D eigenvalue weighted by atomic mass is 10.3. The molecule has 22 heavy (non-hydrogen) atoms. The summed E-state index contributed by atoms with van der Waals surface area (Å²) in [6, 6.07) is 9.05. The molecule has 2 bridgehead atoms. The van der Waals surface area contributed by atoms with Crippen LogP contribution in [0.5, 0.6) is 0 Å². The van der Waals surface area contributed by atoms with Gasteiger partial charge in [-0.2, -0.15) is 0 Å². The summed E-state index contributed by atoms with van der Waals surface area (Å²) in [5.41, 5.74) is 3.67. The van der Waals surface area contributed by atoms with Crippen molar-refractivity contribution in [1.29, 1.82) is 0 Å². The van der Waals surface area contributed by atoms with Crippen LogP contribution in [-0.2, 0) is 0 Å². The van der Waals surface area contributed by atoms with Crippen molar-refractivity contribution in [1.82, 2.24) is 9.97 Å². The lowest BCUT2D eigenvalue weighted by molar-refractivity contribution is 0.675. The maximum Gasteiger partial charge on any atom is 0.172 e. The third-order valence-corrected chi connectivity index (χ3v) is 4.46. The summed E-state index contributed by atoms with van der Waals surface area (Å²) in [6.45, 7) is 0. The largest absolute Gasteiger partial charge is 0.455 e. The fraction of sp³-hybridized carbons (Fsp3) is 0.0667. The minimum atomic E-state index is 0.284. The zero-order valence-corrected chi connectivity index (χ0v) is 13.5. The Morgan fingerprint density at radius 2 is 1.64 bits per heavy atom. The summed E-state index contributed by atoms with van der Waals surface area (Å²) >= 11 is 18.3. The van der Waals surface area contributed by atoms with E-state index in [1.807, 2.05) is 30.1 Å². The molecule has 0 aliphatic heterocycles. The van der Waals surface area contributed by atoms with Gasteiger partial charge in [0.25, 0.3) is 0 Å². The summed E-state index contributed by atoms with van der Waals surface area (Å²) in [5, 5.41) is 1.13. The van der Waals surface area contributed by atoms with Gasteiger partial charge in [0.2, 0.25) is 0 Å². The summed E-state index contributed by atoms with van der Waals surface area (Å²) in [6.07, 6.45) is 0. The van der Waals surface area contributed by atoms with Crippen LogP contribution in [0.4, 0.5) is 11.5 Å². The fourth-order valence-corrected chi connectivity index (χ4v) is 2.96. The summed E-state index contributed by atoms with van der Waals surface area (Å²) in [4.78, 5) is 10.7. The van der Waals surface area contributed by atoms with Crippen molar-refractivity contribution in [3.8, 4) is 0 Å². The van der Waals surface area contributed by atoms with E-state index in [9.17, 15) is 0 Å². The van der Waals surface area contributed by atoms with Crippen LogP contribution >= 0.6 is 34.8 Å². The fourth-order valence-electron chi connectivity index (χ4n) is 2.38. The molecule has 0 spiro atoms. The Morgan fingerprint density at radius 3 is 2.23 bits per heavy atom. The molecule has 4 aromatic rings. The zero-order valence-electron chi connectivity index (χ0n) is 11.3. The maximum absolute atomic E-state index is 6.28. The van der Waals surface area contributed by atoms with E-state index in [-0.39, 0.29) is 5.15 Å². The number of nitrogens with zero attached hydrogens (tertiary/aromatic N) is 3. The molecule has 1 aromatic carbocycles. The van der Waals surface area contributed by atoms with Crippen LogP contribution in [0.3, 0.4) is 0 Å². The van der Waals surface area contributed by atoms with Crippen LogP contribution in [0.2, 0.25) is 15.2 Å². The molecule has 4 nitrogen and oxygen atoms in total. The quantitative estimate of drug-likeness (QED) is 0.475. The van der Waals surface area contributed by atoms with Crippen LogP contribution in [0, 0.1) is 0 Å². The van der Waals surface area contributed by atoms with Crippen LogP contribution < -0.4 is 4.90 Å². The molecule has 3 aromatic heterocycles. The number of rotatable bonds is 2. The number of anilines is 2. The van der Waals surface area contributed by atoms with Gasteiger partial charge in [0.1, 0.15) is 5.58 Å². The number of halogens is 3. The van der Waals surface area contributed by atoms with Crippen LogP contribution in [0.15, 0.2) is 34.7 Å². The average Bonchev–Trinajstić information content (AvgIpc) is 3.10. The van der Waals surface area contributed by atoms with E-state index in [1.165, 1.54) is 0 Å². The molecule has 110 valence electrons. The van der Waals surface area contributed by atoms with Gasteiger partial charge in [-0.3, -0.25) is 0 Å². The van der Waals surface area contributed by atoms with E-state index in [0.29, 0.717) is 26.9 Å². The molecule has 0 saturated heterocycles.